The van der Waals surface area contributed by atoms with Gasteiger partial charge in [-0.15, -0.1) is 0 Å². The van der Waals surface area contributed by atoms with Crippen LogP contribution in [0.1, 0.15) is 19.0 Å². The highest BCUT2D eigenvalue weighted by atomic mass is 19.1. The van der Waals surface area contributed by atoms with E-state index in [1.54, 1.807) is 19.4 Å². The van der Waals surface area contributed by atoms with Crippen molar-refractivity contribution < 1.29 is 4.39 Å². The third-order valence-electron chi connectivity index (χ3n) is 2.45. The molecule has 1 atom stereocenters. The van der Waals surface area contributed by atoms with Gasteiger partial charge >= 0.3 is 0 Å². The minimum atomic E-state index is -1.000. The van der Waals surface area contributed by atoms with E-state index in [-0.39, 0.29) is 0 Å². The van der Waals surface area contributed by atoms with Gasteiger partial charge in [-0.25, -0.2) is 9.37 Å². The van der Waals surface area contributed by atoms with Crippen LogP contribution in [0.5, 0.6) is 0 Å². The first-order valence-electron chi connectivity index (χ1n) is 4.54. The topological polar surface area (TPSA) is 31.9 Å². The second kappa shape index (κ2) is 3.10. The molecule has 72 valence electrons. The van der Waals surface area contributed by atoms with Crippen LogP contribution in [-0.2, 0) is 6.54 Å². The number of nitrogens with zero attached hydrogens (tertiary/aromatic N) is 2. The fraction of sp³-hybridized carbons (Fsp3) is 0.667. The lowest BCUT2D eigenvalue weighted by molar-refractivity contribution is 0.186. The van der Waals surface area contributed by atoms with Crippen molar-refractivity contribution in [1.29, 1.82) is 0 Å². The number of halogens is 1. The lowest BCUT2D eigenvalue weighted by atomic mass is 10.1. The highest BCUT2D eigenvalue weighted by Crippen LogP contribution is 2.25. The predicted octanol–water partition coefficient (Wildman–Crippen LogP) is 1.34. The van der Waals surface area contributed by atoms with Gasteiger partial charge in [-0.05, 0) is 13.3 Å². The number of hydrogen-bond acceptors (Lipinski definition) is 2. The summed E-state index contributed by atoms with van der Waals surface area (Å²) in [5.74, 6) is 0. The van der Waals surface area contributed by atoms with E-state index in [1.807, 2.05) is 0 Å². The molecule has 3 nitrogen and oxygen atoms in total. The Morgan fingerprint density at radius 2 is 2.62 bits per heavy atom. The van der Waals surface area contributed by atoms with Crippen LogP contribution in [0, 0.1) is 0 Å². The van der Waals surface area contributed by atoms with Gasteiger partial charge in [0.2, 0.25) is 0 Å². The number of alkyl halides is 1. The first-order chi connectivity index (χ1) is 6.16. The molecule has 1 aliphatic heterocycles. The number of aromatic amines is 1. The van der Waals surface area contributed by atoms with Crippen molar-refractivity contribution in [3.63, 3.8) is 0 Å². The lowest BCUT2D eigenvalue weighted by Gasteiger charge is -2.15. The molecule has 1 aromatic rings. The van der Waals surface area contributed by atoms with Crippen molar-refractivity contribution >= 4 is 0 Å². The molecule has 0 spiro atoms. The second-order valence-electron chi connectivity index (χ2n) is 3.95. The molecule has 2 rings (SSSR count). The highest BCUT2D eigenvalue weighted by molar-refractivity contribution is 4.96. The molecular weight excluding hydrogens is 169 g/mol. The summed E-state index contributed by atoms with van der Waals surface area (Å²) in [6.07, 6.45) is 4.08. The third kappa shape index (κ3) is 2.06. The van der Waals surface area contributed by atoms with Gasteiger partial charge in [0.25, 0.3) is 0 Å². The van der Waals surface area contributed by atoms with Crippen molar-refractivity contribution in [2.45, 2.75) is 25.6 Å². The Morgan fingerprint density at radius 3 is 3.15 bits per heavy atom. The van der Waals surface area contributed by atoms with Crippen LogP contribution < -0.4 is 0 Å². The number of likely N-dealkylation sites (tertiary alicyclic amines) is 1. The molecule has 2 heterocycles. The van der Waals surface area contributed by atoms with Gasteiger partial charge in [0, 0.05) is 31.5 Å². The van der Waals surface area contributed by atoms with Gasteiger partial charge < -0.3 is 4.98 Å². The maximum Gasteiger partial charge on any atom is 0.122 e. The molecule has 1 unspecified atom stereocenters. The standard InChI is InChI=1S/C9H14FN3/c1-9(10)2-3-13(6-9)5-8-4-11-7-12-8/h4,7H,2-3,5-6H2,1H3,(H,11,12). The molecular formula is C9H14FN3. The van der Waals surface area contributed by atoms with Crippen LogP contribution in [0.2, 0.25) is 0 Å². The normalized spacial score (nSPS) is 29.7. The van der Waals surface area contributed by atoms with Gasteiger partial charge in [0.15, 0.2) is 0 Å². The van der Waals surface area contributed by atoms with Crippen LogP contribution in [0.4, 0.5) is 4.39 Å². The SMILES string of the molecule is CC1(F)CCN(Cc2cnc[nH]2)C1. The molecule has 1 aliphatic rings. The second-order valence-corrected chi connectivity index (χ2v) is 3.95. The molecule has 0 radical (unpaired) electrons. The summed E-state index contributed by atoms with van der Waals surface area (Å²) in [5.41, 5.74) is 0.0534. The van der Waals surface area contributed by atoms with E-state index in [0.717, 1.165) is 18.8 Å². The zero-order valence-corrected chi connectivity index (χ0v) is 7.76. The Balaban J connectivity index is 1.91. The van der Waals surface area contributed by atoms with Gasteiger partial charge in [0.1, 0.15) is 5.67 Å². The molecule has 1 aromatic heterocycles. The molecule has 0 amide bonds. The zero-order chi connectivity index (χ0) is 9.31. The maximum atomic E-state index is 13.4. The van der Waals surface area contributed by atoms with Gasteiger partial charge in [-0.3, -0.25) is 4.90 Å². The van der Waals surface area contributed by atoms with Crippen molar-refractivity contribution in [2.24, 2.45) is 0 Å². The Bertz CT molecular complexity index is 268. The third-order valence-corrected chi connectivity index (χ3v) is 2.45. The number of aromatic nitrogens is 2. The Morgan fingerprint density at radius 1 is 1.77 bits per heavy atom. The minimum Gasteiger partial charge on any atom is -0.347 e. The van der Waals surface area contributed by atoms with Crippen molar-refractivity contribution in [3.8, 4) is 0 Å². The summed E-state index contributed by atoms with van der Waals surface area (Å²) >= 11 is 0. The van der Waals surface area contributed by atoms with Gasteiger partial charge in [-0.2, -0.15) is 0 Å². The van der Waals surface area contributed by atoms with Gasteiger partial charge in [0.05, 0.1) is 6.33 Å². The number of H-pyrrole nitrogens is 1. The maximum absolute atomic E-state index is 13.4. The average molecular weight is 183 g/mol. The Hall–Kier alpha value is -0.900. The smallest absolute Gasteiger partial charge is 0.122 e. The zero-order valence-electron chi connectivity index (χ0n) is 7.76. The molecule has 1 fully saturated rings. The fourth-order valence-electron chi connectivity index (χ4n) is 1.76. The molecule has 0 aromatic carbocycles. The van der Waals surface area contributed by atoms with E-state index in [1.165, 1.54) is 0 Å². The monoisotopic (exact) mass is 183 g/mol. The quantitative estimate of drug-likeness (QED) is 0.750. The van der Waals surface area contributed by atoms with Crippen LogP contribution in [0.3, 0.4) is 0 Å². The van der Waals surface area contributed by atoms with E-state index in [2.05, 4.69) is 14.9 Å². The summed E-state index contributed by atoms with van der Waals surface area (Å²) < 4.78 is 13.4. The molecule has 0 bridgehead atoms. The Labute approximate surface area is 77.0 Å². The average Bonchev–Trinajstić information content (AvgIpc) is 2.61. The van der Waals surface area contributed by atoms with Gasteiger partial charge in [-0.1, -0.05) is 0 Å². The van der Waals surface area contributed by atoms with Crippen LogP contribution in [0.25, 0.3) is 0 Å². The highest BCUT2D eigenvalue weighted by Gasteiger charge is 2.33. The van der Waals surface area contributed by atoms with Crippen LogP contribution in [0.15, 0.2) is 12.5 Å². The number of imidazole rings is 1. The summed E-state index contributed by atoms with van der Waals surface area (Å²) in [5, 5.41) is 0. The first-order valence-corrected chi connectivity index (χ1v) is 4.54. The summed E-state index contributed by atoms with van der Waals surface area (Å²) in [6.45, 7) is 3.82. The number of nitrogens with one attached hydrogen (secondary N) is 1. The summed E-state index contributed by atoms with van der Waals surface area (Å²) in [6, 6.07) is 0. The molecule has 1 saturated heterocycles. The molecule has 4 heteroatoms. The molecule has 0 aliphatic carbocycles. The van der Waals surface area contributed by atoms with Crippen molar-refractivity contribution in [1.82, 2.24) is 14.9 Å². The van der Waals surface area contributed by atoms with E-state index in [0.29, 0.717) is 13.0 Å². The van der Waals surface area contributed by atoms with Crippen molar-refractivity contribution in [3.05, 3.63) is 18.2 Å². The number of rotatable bonds is 2. The number of hydrogen-bond donors (Lipinski definition) is 1. The van der Waals surface area contributed by atoms with Crippen molar-refractivity contribution in [2.75, 3.05) is 13.1 Å². The summed E-state index contributed by atoms with van der Waals surface area (Å²) in [4.78, 5) is 9.05. The van der Waals surface area contributed by atoms with Crippen LogP contribution >= 0.6 is 0 Å². The predicted molar refractivity (Wildman–Crippen MR) is 48.0 cm³/mol. The fourth-order valence-corrected chi connectivity index (χ4v) is 1.76. The van der Waals surface area contributed by atoms with E-state index in [4.69, 9.17) is 0 Å². The van der Waals surface area contributed by atoms with Crippen LogP contribution in [-0.4, -0.2) is 33.6 Å². The first kappa shape index (κ1) is 8.69. The molecule has 1 N–H and O–H groups in total. The summed E-state index contributed by atoms with van der Waals surface area (Å²) in [7, 11) is 0. The molecule has 13 heavy (non-hydrogen) atoms. The minimum absolute atomic E-state index is 0.534. The van der Waals surface area contributed by atoms with E-state index < -0.39 is 5.67 Å². The Kier molecular flexibility index (Phi) is 2.07. The van der Waals surface area contributed by atoms with E-state index in [9.17, 15) is 4.39 Å². The lowest BCUT2D eigenvalue weighted by Crippen LogP contribution is -2.25. The largest absolute Gasteiger partial charge is 0.347 e. The molecule has 0 saturated carbocycles. The van der Waals surface area contributed by atoms with E-state index >= 15 is 0 Å².